The molecule has 2 aromatic carbocycles. The van der Waals surface area contributed by atoms with Gasteiger partial charge in [0.2, 0.25) is 0 Å². The number of benzene rings is 2. The summed E-state index contributed by atoms with van der Waals surface area (Å²) in [6.07, 6.45) is 4.12. The van der Waals surface area contributed by atoms with E-state index in [0.29, 0.717) is 18.7 Å². The average molecular weight is 390 g/mol. The molecule has 5 nitrogen and oxygen atoms in total. The number of amides is 1. The van der Waals surface area contributed by atoms with E-state index in [4.69, 9.17) is 0 Å². The molecule has 0 N–H and O–H groups in total. The highest BCUT2D eigenvalue weighted by atomic mass is 32.2. The second kappa shape index (κ2) is 8.08. The molecule has 0 spiro atoms. The van der Waals surface area contributed by atoms with Crippen LogP contribution in [0.1, 0.15) is 36.0 Å². The van der Waals surface area contributed by atoms with Gasteiger partial charge < -0.3 is 4.90 Å². The maximum Gasteiger partial charge on any atom is 0.264 e. The van der Waals surface area contributed by atoms with E-state index >= 15 is 0 Å². The number of likely N-dealkylation sites (tertiary alicyclic amines) is 1. The van der Waals surface area contributed by atoms with Gasteiger partial charge in [-0.15, -0.1) is 0 Å². The Morgan fingerprint density at radius 1 is 1.00 bits per heavy atom. The molecule has 3 rings (SSSR count). The summed E-state index contributed by atoms with van der Waals surface area (Å²) < 4.78 is 40.8. The third-order valence-electron chi connectivity index (χ3n) is 4.82. The Hall–Kier alpha value is -2.41. The highest BCUT2D eigenvalue weighted by Crippen LogP contribution is 2.25. The highest BCUT2D eigenvalue weighted by Gasteiger charge is 2.25. The first-order valence-corrected chi connectivity index (χ1v) is 10.5. The number of carbonyl (C=O) groups excluding carboxylic acids is 1. The fraction of sp³-hybridized carbons (Fsp3) is 0.350. The molecule has 1 aliphatic heterocycles. The lowest BCUT2D eigenvalue weighted by Crippen LogP contribution is -2.32. The van der Waals surface area contributed by atoms with Crippen molar-refractivity contribution >= 4 is 21.6 Å². The normalized spacial score (nSPS) is 15.3. The van der Waals surface area contributed by atoms with E-state index in [2.05, 4.69) is 0 Å². The number of para-hydroxylation sites is 1. The number of rotatable bonds is 4. The van der Waals surface area contributed by atoms with Gasteiger partial charge in [-0.25, -0.2) is 12.8 Å². The monoisotopic (exact) mass is 390 g/mol. The van der Waals surface area contributed by atoms with Crippen LogP contribution in [0.15, 0.2) is 53.4 Å². The van der Waals surface area contributed by atoms with Crippen LogP contribution < -0.4 is 4.31 Å². The molecular formula is C20H23FN2O3S. The predicted molar refractivity (Wildman–Crippen MR) is 103 cm³/mol. The van der Waals surface area contributed by atoms with Gasteiger partial charge in [-0.2, -0.15) is 0 Å². The zero-order valence-electron chi connectivity index (χ0n) is 15.3. The zero-order valence-corrected chi connectivity index (χ0v) is 16.1. The summed E-state index contributed by atoms with van der Waals surface area (Å²) in [6.45, 7) is 1.37. The molecule has 0 saturated carbocycles. The molecular weight excluding hydrogens is 367 g/mol. The number of hydrogen-bond donors (Lipinski definition) is 0. The molecule has 0 unspecified atom stereocenters. The maximum absolute atomic E-state index is 14.0. The van der Waals surface area contributed by atoms with Gasteiger partial charge in [-0.05, 0) is 43.2 Å². The van der Waals surface area contributed by atoms with Crippen molar-refractivity contribution in [1.82, 2.24) is 4.90 Å². The Morgan fingerprint density at radius 2 is 1.67 bits per heavy atom. The Kier molecular flexibility index (Phi) is 5.79. The summed E-state index contributed by atoms with van der Waals surface area (Å²) in [4.78, 5) is 14.5. The number of carbonyl (C=O) groups is 1. The molecule has 0 radical (unpaired) electrons. The second-order valence-electron chi connectivity index (χ2n) is 6.66. The lowest BCUT2D eigenvalue weighted by atomic mass is 10.2. The van der Waals surface area contributed by atoms with Crippen LogP contribution in [-0.4, -0.2) is 39.4 Å². The Morgan fingerprint density at radius 3 is 2.33 bits per heavy atom. The van der Waals surface area contributed by atoms with Gasteiger partial charge >= 0.3 is 0 Å². The van der Waals surface area contributed by atoms with E-state index in [1.165, 1.54) is 37.4 Å². The second-order valence-corrected chi connectivity index (χ2v) is 8.63. The number of anilines is 1. The van der Waals surface area contributed by atoms with Crippen LogP contribution in [0.3, 0.4) is 0 Å². The van der Waals surface area contributed by atoms with Gasteiger partial charge in [0.1, 0.15) is 5.82 Å². The van der Waals surface area contributed by atoms with E-state index in [1.807, 2.05) is 0 Å². The Bertz CT molecular complexity index is 922. The molecule has 27 heavy (non-hydrogen) atoms. The molecule has 0 atom stereocenters. The third-order valence-corrected chi connectivity index (χ3v) is 6.59. The summed E-state index contributed by atoms with van der Waals surface area (Å²) in [5.74, 6) is -0.789. The molecule has 0 aliphatic carbocycles. The quantitative estimate of drug-likeness (QED) is 0.800. The minimum atomic E-state index is -3.99. The van der Waals surface area contributed by atoms with Crippen molar-refractivity contribution in [2.75, 3.05) is 24.4 Å². The summed E-state index contributed by atoms with van der Waals surface area (Å²) in [5.41, 5.74) is 0.293. The van der Waals surface area contributed by atoms with E-state index < -0.39 is 15.8 Å². The molecule has 1 heterocycles. The minimum absolute atomic E-state index is 0.0334. The molecule has 1 saturated heterocycles. The van der Waals surface area contributed by atoms with Crippen LogP contribution in [0.4, 0.5) is 10.1 Å². The fourth-order valence-electron chi connectivity index (χ4n) is 3.24. The average Bonchev–Trinajstić information content (AvgIpc) is 2.97. The lowest BCUT2D eigenvalue weighted by Gasteiger charge is -2.22. The van der Waals surface area contributed by atoms with Crippen molar-refractivity contribution < 1.29 is 17.6 Å². The SMILES string of the molecule is CN(c1ccccc1F)S(=O)(=O)c1cccc(C(=O)N2CCCCCC2)c1. The molecule has 144 valence electrons. The maximum atomic E-state index is 14.0. The molecule has 1 aliphatic rings. The van der Waals surface area contributed by atoms with Gasteiger partial charge in [0.25, 0.3) is 15.9 Å². The van der Waals surface area contributed by atoms with Crippen LogP contribution in [0.5, 0.6) is 0 Å². The van der Waals surface area contributed by atoms with Crippen molar-refractivity contribution in [3.63, 3.8) is 0 Å². The minimum Gasteiger partial charge on any atom is -0.339 e. The number of hydrogen-bond acceptors (Lipinski definition) is 3. The molecule has 2 aromatic rings. The first kappa shape index (κ1) is 19.4. The van der Waals surface area contributed by atoms with Crippen LogP contribution in [0, 0.1) is 5.82 Å². The molecule has 1 fully saturated rings. The number of halogens is 1. The van der Waals surface area contributed by atoms with Crippen LogP contribution >= 0.6 is 0 Å². The van der Waals surface area contributed by atoms with Gasteiger partial charge in [-0.3, -0.25) is 9.10 Å². The largest absolute Gasteiger partial charge is 0.339 e. The summed E-state index contributed by atoms with van der Waals surface area (Å²) in [5, 5.41) is 0. The van der Waals surface area contributed by atoms with E-state index in [0.717, 1.165) is 30.0 Å². The van der Waals surface area contributed by atoms with E-state index in [-0.39, 0.29) is 16.5 Å². The Balaban J connectivity index is 1.90. The standard InChI is InChI=1S/C20H23FN2O3S/c1-22(19-12-5-4-11-18(19)21)27(25,26)17-10-8-9-16(15-17)20(24)23-13-6-2-3-7-14-23/h4-5,8-12,15H,2-3,6-7,13-14H2,1H3. The van der Waals surface area contributed by atoms with Gasteiger partial charge in [0, 0.05) is 25.7 Å². The van der Waals surface area contributed by atoms with E-state index in [9.17, 15) is 17.6 Å². The van der Waals surface area contributed by atoms with Gasteiger partial charge in [-0.1, -0.05) is 31.0 Å². The number of sulfonamides is 1. The summed E-state index contributed by atoms with van der Waals surface area (Å²) in [7, 11) is -2.68. The van der Waals surface area contributed by atoms with Crippen molar-refractivity contribution in [1.29, 1.82) is 0 Å². The lowest BCUT2D eigenvalue weighted by molar-refractivity contribution is 0.0761. The highest BCUT2D eigenvalue weighted by molar-refractivity contribution is 7.92. The molecule has 0 bridgehead atoms. The zero-order chi connectivity index (χ0) is 19.4. The van der Waals surface area contributed by atoms with Gasteiger partial charge in [0.15, 0.2) is 0 Å². The summed E-state index contributed by atoms with van der Waals surface area (Å²) >= 11 is 0. The Labute approximate surface area is 159 Å². The first-order chi connectivity index (χ1) is 12.9. The molecule has 7 heteroatoms. The van der Waals surface area contributed by atoms with Crippen LogP contribution in [0.2, 0.25) is 0 Å². The van der Waals surface area contributed by atoms with Crippen molar-refractivity contribution in [3.8, 4) is 0 Å². The van der Waals surface area contributed by atoms with Crippen LogP contribution in [-0.2, 0) is 10.0 Å². The molecule has 0 aromatic heterocycles. The van der Waals surface area contributed by atoms with Crippen molar-refractivity contribution in [2.24, 2.45) is 0 Å². The van der Waals surface area contributed by atoms with E-state index in [1.54, 1.807) is 23.1 Å². The van der Waals surface area contributed by atoms with Crippen LogP contribution in [0.25, 0.3) is 0 Å². The first-order valence-electron chi connectivity index (χ1n) is 9.04. The summed E-state index contributed by atoms with van der Waals surface area (Å²) in [6, 6.07) is 11.7. The van der Waals surface area contributed by atoms with Crippen molar-refractivity contribution in [2.45, 2.75) is 30.6 Å². The number of nitrogens with zero attached hydrogens (tertiary/aromatic N) is 2. The fourth-order valence-corrected chi connectivity index (χ4v) is 4.49. The predicted octanol–water partition coefficient (Wildman–Crippen LogP) is 3.67. The third kappa shape index (κ3) is 4.13. The molecule has 1 amide bonds. The van der Waals surface area contributed by atoms with Crippen molar-refractivity contribution in [3.05, 3.63) is 59.9 Å². The topological polar surface area (TPSA) is 57.7 Å². The van der Waals surface area contributed by atoms with Gasteiger partial charge in [0.05, 0.1) is 10.6 Å². The smallest absolute Gasteiger partial charge is 0.264 e.